The lowest BCUT2D eigenvalue weighted by Gasteiger charge is -2.06. The quantitative estimate of drug-likeness (QED) is 0.671. The van der Waals surface area contributed by atoms with E-state index in [1.165, 1.54) is 13.2 Å². The van der Waals surface area contributed by atoms with Crippen molar-refractivity contribution in [2.45, 2.75) is 0 Å². The molecular weight excluding hydrogens is 294 g/mol. The van der Waals surface area contributed by atoms with Gasteiger partial charge in [-0.05, 0) is 22.0 Å². The Labute approximate surface area is 103 Å². The van der Waals surface area contributed by atoms with Crippen LogP contribution in [0.3, 0.4) is 0 Å². The molecule has 0 atom stereocenters. The van der Waals surface area contributed by atoms with Crippen molar-refractivity contribution in [1.29, 1.82) is 0 Å². The van der Waals surface area contributed by atoms with Crippen molar-refractivity contribution in [1.82, 2.24) is 9.97 Å². The van der Waals surface area contributed by atoms with Crippen LogP contribution in [0.5, 0.6) is 5.75 Å². The molecule has 0 aliphatic rings. The Kier molecular flexibility index (Phi) is 2.80. The van der Waals surface area contributed by atoms with Gasteiger partial charge in [0.15, 0.2) is 5.52 Å². The molecule has 88 valence electrons. The number of H-pyrrole nitrogens is 1. The molecule has 0 fully saturated rings. The summed E-state index contributed by atoms with van der Waals surface area (Å²) in [5.41, 5.74) is -0.775. The molecule has 2 rings (SSSR count). The normalized spacial score (nSPS) is 10.5. The number of methoxy groups -OCH3 is 1. The van der Waals surface area contributed by atoms with Gasteiger partial charge >= 0.3 is 5.69 Å². The zero-order valence-electron chi connectivity index (χ0n) is 8.56. The van der Waals surface area contributed by atoms with Crippen LogP contribution in [0.1, 0.15) is 0 Å². The maximum atomic E-state index is 11.5. The molecule has 7 nitrogen and oxygen atoms in total. The van der Waals surface area contributed by atoms with E-state index in [1.54, 1.807) is 0 Å². The number of ether oxygens (including phenoxy) is 1. The highest BCUT2D eigenvalue weighted by Crippen LogP contribution is 2.39. The zero-order chi connectivity index (χ0) is 12.6. The number of fused-ring (bicyclic) bond motifs is 1. The highest BCUT2D eigenvalue weighted by molar-refractivity contribution is 9.10. The van der Waals surface area contributed by atoms with E-state index in [2.05, 4.69) is 25.9 Å². The number of benzene rings is 1. The molecule has 0 spiro atoms. The molecule has 0 aliphatic carbocycles. The number of nitrogens with zero attached hydrogens (tertiary/aromatic N) is 2. The second-order valence-corrected chi connectivity index (χ2v) is 3.98. The number of hydrogen-bond acceptors (Lipinski definition) is 5. The van der Waals surface area contributed by atoms with Gasteiger partial charge in [-0.1, -0.05) is 0 Å². The van der Waals surface area contributed by atoms with E-state index >= 15 is 0 Å². The third-order valence-corrected chi connectivity index (χ3v) is 2.79. The van der Waals surface area contributed by atoms with Gasteiger partial charge in [0.1, 0.15) is 0 Å². The maximum absolute atomic E-state index is 11.5. The first-order chi connectivity index (χ1) is 8.06. The fraction of sp³-hybridized carbons (Fsp3) is 0.111. The van der Waals surface area contributed by atoms with E-state index in [0.717, 1.165) is 6.33 Å². The Hall–Kier alpha value is -1.96. The molecule has 0 bridgehead atoms. The molecule has 2 aromatic rings. The molecule has 0 saturated carbocycles. The van der Waals surface area contributed by atoms with Crippen LogP contribution in [-0.2, 0) is 0 Å². The molecule has 0 aliphatic heterocycles. The number of rotatable bonds is 2. The number of nitrogens with one attached hydrogen (secondary N) is 1. The van der Waals surface area contributed by atoms with Crippen molar-refractivity contribution in [2.24, 2.45) is 0 Å². The van der Waals surface area contributed by atoms with Gasteiger partial charge in [0.25, 0.3) is 5.56 Å². The van der Waals surface area contributed by atoms with Gasteiger partial charge in [0, 0.05) is 0 Å². The van der Waals surface area contributed by atoms with Crippen molar-refractivity contribution in [2.75, 3.05) is 7.11 Å². The minimum atomic E-state index is -0.627. The average Bonchev–Trinajstić information content (AvgIpc) is 2.28. The predicted molar refractivity (Wildman–Crippen MR) is 63.3 cm³/mol. The highest BCUT2D eigenvalue weighted by Gasteiger charge is 2.24. The van der Waals surface area contributed by atoms with Gasteiger partial charge in [-0.2, -0.15) is 0 Å². The molecular formula is C9H6BrN3O4. The molecule has 1 aromatic carbocycles. The van der Waals surface area contributed by atoms with Crippen LogP contribution in [0.2, 0.25) is 0 Å². The van der Waals surface area contributed by atoms with Crippen molar-refractivity contribution >= 4 is 32.5 Å². The minimum Gasteiger partial charge on any atom is -0.489 e. The number of aromatic amines is 1. The summed E-state index contributed by atoms with van der Waals surface area (Å²) in [7, 11) is 1.31. The van der Waals surface area contributed by atoms with Gasteiger partial charge in [-0.15, -0.1) is 0 Å². The lowest BCUT2D eigenvalue weighted by molar-refractivity contribution is -0.384. The average molecular weight is 300 g/mol. The van der Waals surface area contributed by atoms with Gasteiger partial charge in [0.05, 0.1) is 28.2 Å². The smallest absolute Gasteiger partial charge is 0.338 e. The minimum absolute atomic E-state index is 0.00111. The fourth-order valence-corrected chi connectivity index (χ4v) is 2.09. The summed E-state index contributed by atoms with van der Waals surface area (Å²) >= 11 is 3.12. The Balaban J connectivity index is 3.03. The lowest BCUT2D eigenvalue weighted by Crippen LogP contribution is -2.08. The van der Waals surface area contributed by atoms with E-state index in [4.69, 9.17) is 4.74 Å². The number of halogens is 1. The van der Waals surface area contributed by atoms with Gasteiger partial charge in [0.2, 0.25) is 5.75 Å². The van der Waals surface area contributed by atoms with E-state index in [0.29, 0.717) is 4.47 Å². The molecule has 0 saturated heterocycles. The van der Waals surface area contributed by atoms with Crippen molar-refractivity contribution in [3.8, 4) is 5.75 Å². The van der Waals surface area contributed by atoms with Crippen LogP contribution in [0.4, 0.5) is 5.69 Å². The number of aromatic nitrogens is 2. The molecule has 1 aromatic heterocycles. The predicted octanol–water partition coefficient (Wildman–Crippen LogP) is 1.60. The molecule has 8 heteroatoms. The van der Waals surface area contributed by atoms with Gasteiger partial charge < -0.3 is 9.72 Å². The number of nitro groups is 1. The second kappa shape index (κ2) is 4.13. The second-order valence-electron chi connectivity index (χ2n) is 3.13. The van der Waals surface area contributed by atoms with E-state index in [-0.39, 0.29) is 22.3 Å². The molecule has 1 heterocycles. The lowest BCUT2D eigenvalue weighted by atomic mass is 10.2. The summed E-state index contributed by atoms with van der Waals surface area (Å²) in [4.78, 5) is 28.1. The Bertz CT molecular complexity index is 667. The SMILES string of the molecule is COc1c(Br)cc2c(=O)[nH]cnc2c1[N+](=O)[O-]. The van der Waals surface area contributed by atoms with Crippen LogP contribution in [-0.4, -0.2) is 22.0 Å². The first kappa shape index (κ1) is 11.5. The number of nitro benzene ring substituents is 1. The first-order valence-corrected chi connectivity index (χ1v) is 5.24. The van der Waals surface area contributed by atoms with Crippen molar-refractivity contribution in [3.05, 3.63) is 37.3 Å². The Morgan fingerprint density at radius 2 is 2.29 bits per heavy atom. The number of hydrogen-bond donors (Lipinski definition) is 1. The van der Waals surface area contributed by atoms with Crippen LogP contribution in [0.15, 0.2) is 21.7 Å². The fourth-order valence-electron chi connectivity index (χ4n) is 1.51. The first-order valence-electron chi connectivity index (χ1n) is 4.44. The Morgan fingerprint density at radius 3 is 2.88 bits per heavy atom. The Morgan fingerprint density at radius 1 is 1.59 bits per heavy atom. The largest absolute Gasteiger partial charge is 0.489 e. The third-order valence-electron chi connectivity index (χ3n) is 2.20. The standard InChI is InChI=1S/C9H6BrN3O4/c1-17-8-5(10)2-4-6(7(8)13(15)16)11-3-12-9(4)14/h2-3H,1H3,(H,11,12,14). The maximum Gasteiger partial charge on any atom is 0.338 e. The van der Waals surface area contributed by atoms with Crippen LogP contribution < -0.4 is 10.3 Å². The van der Waals surface area contributed by atoms with E-state index in [9.17, 15) is 14.9 Å². The van der Waals surface area contributed by atoms with Crippen LogP contribution >= 0.6 is 15.9 Å². The molecule has 0 radical (unpaired) electrons. The van der Waals surface area contributed by atoms with Crippen LogP contribution in [0.25, 0.3) is 10.9 Å². The zero-order valence-corrected chi connectivity index (χ0v) is 10.1. The van der Waals surface area contributed by atoms with Crippen molar-refractivity contribution in [3.63, 3.8) is 0 Å². The summed E-state index contributed by atoms with van der Waals surface area (Å²) < 4.78 is 5.28. The molecule has 0 unspecified atom stereocenters. The monoisotopic (exact) mass is 299 g/mol. The molecule has 17 heavy (non-hydrogen) atoms. The summed E-state index contributed by atoms with van der Waals surface area (Å²) in [6, 6.07) is 1.44. The highest BCUT2D eigenvalue weighted by atomic mass is 79.9. The molecule has 0 amide bonds. The van der Waals surface area contributed by atoms with E-state index in [1.807, 2.05) is 0 Å². The summed E-state index contributed by atoms with van der Waals surface area (Å²) in [5, 5.41) is 11.1. The van der Waals surface area contributed by atoms with Gasteiger partial charge in [-0.25, -0.2) is 4.98 Å². The summed E-state index contributed by atoms with van der Waals surface area (Å²) in [6.45, 7) is 0. The van der Waals surface area contributed by atoms with Gasteiger partial charge in [-0.3, -0.25) is 14.9 Å². The third kappa shape index (κ3) is 1.76. The van der Waals surface area contributed by atoms with Crippen molar-refractivity contribution < 1.29 is 9.66 Å². The van der Waals surface area contributed by atoms with Crippen LogP contribution in [0, 0.1) is 10.1 Å². The summed E-state index contributed by atoms with van der Waals surface area (Å²) in [6.07, 6.45) is 1.12. The summed E-state index contributed by atoms with van der Waals surface area (Å²) in [5.74, 6) is 0.0422. The topological polar surface area (TPSA) is 98.1 Å². The molecule has 1 N–H and O–H groups in total. The van der Waals surface area contributed by atoms with E-state index < -0.39 is 10.5 Å².